The van der Waals surface area contributed by atoms with Crippen molar-refractivity contribution in [3.05, 3.63) is 76.5 Å². The minimum atomic E-state index is -3.82. The number of hydrogen-bond donors (Lipinski definition) is 2. The summed E-state index contributed by atoms with van der Waals surface area (Å²) in [5.41, 5.74) is 0.579. The van der Waals surface area contributed by atoms with Crippen LogP contribution in [0.4, 0.5) is 10.5 Å². The fraction of sp³-hybridized carbons (Fsp3) is 0. The molecule has 3 N–H and O–H groups in total. The molecule has 4 rings (SSSR count). The van der Waals surface area contributed by atoms with Gasteiger partial charge in [0.05, 0.1) is 10.6 Å². The minimum Gasteiger partial charge on any atom is -0.457 e. The number of imide groups is 2. The number of anilines is 1. The number of carbonyl (C=O) groups is 3. The first kappa shape index (κ1) is 21.7. The van der Waals surface area contributed by atoms with Gasteiger partial charge in [0.1, 0.15) is 17.1 Å². The van der Waals surface area contributed by atoms with Crippen LogP contribution in [0.5, 0.6) is 0 Å². The van der Waals surface area contributed by atoms with E-state index in [0.717, 1.165) is 9.37 Å². The molecule has 0 spiro atoms. The Morgan fingerprint density at radius 3 is 2.22 bits per heavy atom. The van der Waals surface area contributed by atoms with Gasteiger partial charge in [-0.3, -0.25) is 14.9 Å². The number of benzene rings is 2. The maximum Gasteiger partial charge on any atom is 0.335 e. The Morgan fingerprint density at radius 2 is 1.59 bits per heavy atom. The molecule has 162 valence electrons. The highest BCUT2D eigenvalue weighted by Crippen LogP contribution is 2.27. The van der Waals surface area contributed by atoms with Crippen LogP contribution in [0.1, 0.15) is 5.76 Å². The number of furan rings is 1. The van der Waals surface area contributed by atoms with Crippen molar-refractivity contribution >= 4 is 55.6 Å². The molecule has 1 aliphatic rings. The highest BCUT2D eigenvalue weighted by molar-refractivity contribution is 9.10. The molecule has 1 fully saturated rings. The monoisotopic (exact) mass is 515 g/mol. The lowest BCUT2D eigenvalue weighted by molar-refractivity contribution is -0.122. The summed E-state index contributed by atoms with van der Waals surface area (Å²) in [6, 6.07) is 14.4. The molecule has 1 aliphatic heterocycles. The molecule has 32 heavy (non-hydrogen) atoms. The third-order valence-corrected chi connectivity index (χ3v) is 6.03. The molecule has 1 aromatic heterocycles. The zero-order chi connectivity index (χ0) is 23.0. The summed E-state index contributed by atoms with van der Waals surface area (Å²) in [6.07, 6.45) is 1.23. The van der Waals surface area contributed by atoms with E-state index < -0.39 is 27.9 Å². The highest BCUT2D eigenvalue weighted by atomic mass is 79.9. The Morgan fingerprint density at radius 1 is 0.938 bits per heavy atom. The average molecular weight is 516 g/mol. The number of amides is 4. The third kappa shape index (κ3) is 4.26. The van der Waals surface area contributed by atoms with E-state index >= 15 is 0 Å². The molecule has 9 nitrogen and oxygen atoms in total. The topological polar surface area (TPSA) is 140 Å². The number of carbonyl (C=O) groups excluding carboxylic acids is 3. The van der Waals surface area contributed by atoms with Gasteiger partial charge in [0.15, 0.2) is 0 Å². The fourth-order valence-electron chi connectivity index (χ4n) is 3.02. The van der Waals surface area contributed by atoms with Crippen LogP contribution >= 0.6 is 15.9 Å². The van der Waals surface area contributed by atoms with Crippen LogP contribution in [0.25, 0.3) is 17.4 Å². The van der Waals surface area contributed by atoms with Crippen LogP contribution in [0, 0.1) is 0 Å². The lowest BCUT2D eigenvalue weighted by Gasteiger charge is -2.26. The molecule has 0 bridgehead atoms. The average Bonchev–Trinajstić information content (AvgIpc) is 3.20. The third-order valence-electron chi connectivity index (χ3n) is 4.57. The molecule has 1 saturated heterocycles. The molecule has 11 heteroatoms. The Balaban J connectivity index is 1.64. The lowest BCUT2D eigenvalue weighted by atomic mass is 10.1. The molecular formula is C21H14BrN3O6S. The zero-order valence-corrected chi connectivity index (χ0v) is 18.5. The summed E-state index contributed by atoms with van der Waals surface area (Å²) in [5, 5.41) is 7.23. The smallest absolute Gasteiger partial charge is 0.335 e. The maximum absolute atomic E-state index is 12.9. The van der Waals surface area contributed by atoms with E-state index in [-0.39, 0.29) is 16.2 Å². The number of nitrogens with two attached hydrogens (primary N) is 1. The van der Waals surface area contributed by atoms with Crippen molar-refractivity contribution in [1.29, 1.82) is 0 Å². The largest absolute Gasteiger partial charge is 0.457 e. The zero-order valence-electron chi connectivity index (χ0n) is 16.1. The van der Waals surface area contributed by atoms with Crippen molar-refractivity contribution in [2.75, 3.05) is 4.90 Å². The first-order valence-electron chi connectivity index (χ1n) is 9.03. The van der Waals surface area contributed by atoms with Gasteiger partial charge in [0, 0.05) is 10.0 Å². The second-order valence-corrected chi connectivity index (χ2v) is 9.18. The van der Waals surface area contributed by atoms with Crippen LogP contribution < -0.4 is 15.4 Å². The number of rotatable bonds is 4. The van der Waals surface area contributed by atoms with Crippen molar-refractivity contribution in [2.45, 2.75) is 4.90 Å². The summed E-state index contributed by atoms with van der Waals surface area (Å²) in [5.74, 6) is -1.07. The van der Waals surface area contributed by atoms with Gasteiger partial charge in [-0.05, 0) is 66.7 Å². The number of urea groups is 1. The summed E-state index contributed by atoms with van der Waals surface area (Å²) in [4.78, 5) is 38.2. The van der Waals surface area contributed by atoms with Crippen LogP contribution in [0.2, 0.25) is 0 Å². The fourth-order valence-corrected chi connectivity index (χ4v) is 3.80. The summed E-state index contributed by atoms with van der Waals surface area (Å²) >= 11 is 3.28. The van der Waals surface area contributed by atoms with Gasteiger partial charge < -0.3 is 4.42 Å². The van der Waals surface area contributed by atoms with Gasteiger partial charge in [-0.1, -0.05) is 15.9 Å². The predicted molar refractivity (Wildman–Crippen MR) is 119 cm³/mol. The second kappa shape index (κ2) is 8.19. The van der Waals surface area contributed by atoms with Crippen LogP contribution in [0.3, 0.4) is 0 Å². The SMILES string of the molecule is NS(=O)(=O)c1ccc(-c2ccc(C=C3C(=O)NC(=O)N(c4ccc(Br)cc4)C3=O)o2)cc1. The summed E-state index contributed by atoms with van der Waals surface area (Å²) in [7, 11) is -3.82. The van der Waals surface area contributed by atoms with Crippen molar-refractivity contribution in [3.63, 3.8) is 0 Å². The molecule has 3 aromatic rings. The van der Waals surface area contributed by atoms with Gasteiger partial charge in [0.2, 0.25) is 10.0 Å². The van der Waals surface area contributed by atoms with Gasteiger partial charge in [-0.15, -0.1) is 0 Å². The van der Waals surface area contributed by atoms with Gasteiger partial charge in [-0.2, -0.15) is 0 Å². The number of nitrogens with one attached hydrogen (secondary N) is 1. The molecule has 0 aliphatic carbocycles. The van der Waals surface area contributed by atoms with E-state index in [4.69, 9.17) is 9.56 Å². The Kier molecular flexibility index (Phi) is 5.55. The minimum absolute atomic E-state index is 0.0441. The van der Waals surface area contributed by atoms with Crippen molar-refractivity contribution in [2.24, 2.45) is 5.14 Å². The molecule has 4 amide bonds. The van der Waals surface area contributed by atoms with Gasteiger partial charge >= 0.3 is 6.03 Å². The first-order valence-corrected chi connectivity index (χ1v) is 11.4. The van der Waals surface area contributed by atoms with E-state index in [0.29, 0.717) is 17.0 Å². The Bertz CT molecular complexity index is 1380. The van der Waals surface area contributed by atoms with Crippen LogP contribution in [-0.4, -0.2) is 26.3 Å². The standard InChI is InChI=1S/C21H14BrN3O6S/c22-13-3-5-14(6-4-13)25-20(27)17(19(26)24-21(25)28)11-15-7-10-18(31-15)12-1-8-16(9-2-12)32(23,29)30/h1-11H,(H2,23,29,30)(H,24,26,28). The molecule has 0 saturated carbocycles. The number of halogens is 1. The quantitative estimate of drug-likeness (QED) is 0.404. The lowest BCUT2D eigenvalue weighted by Crippen LogP contribution is -2.54. The number of sulfonamides is 1. The van der Waals surface area contributed by atoms with E-state index in [1.807, 2.05) is 0 Å². The molecule has 2 heterocycles. The van der Waals surface area contributed by atoms with E-state index in [9.17, 15) is 22.8 Å². The number of nitrogens with zero attached hydrogens (tertiary/aromatic N) is 1. The van der Waals surface area contributed by atoms with Crippen LogP contribution in [-0.2, 0) is 19.6 Å². The van der Waals surface area contributed by atoms with Gasteiger partial charge in [-0.25, -0.2) is 23.3 Å². The first-order chi connectivity index (χ1) is 15.1. The van der Waals surface area contributed by atoms with E-state index in [1.54, 1.807) is 30.3 Å². The molecule has 0 atom stereocenters. The number of hydrogen-bond acceptors (Lipinski definition) is 6. The summed E-state index contributed by atoms with van der Waals surface area (Å²) < 4.78 is 29.2. The maximum atomic E-state index is 12.9. The number of barbiturate groups is 1. The molecular weight excluding hydrogens is 502 g/mol. The van der Waals surface area contributed by atoms with E-state index in [1.165, 1.54) is 36.4 Å². The van der Waals surface area contributed by atoms with Gasteiger partial charge in [0.25, 0.3) is 11.8 Å². The van der Waals surface area contributed by atoms with Crippen molar-refractivity contribution in [1.82, 2.24) is 5.32 Å². The molecule has 0 radical (unpaired) electrons. The predicted octanol–water partition coefficient (Wildman–Crippen LogP) is 3.02. The van der Waals surface area contributed by atoms with Crippen LogP contribution in [0.15, 0.2) is 80.0 Å². The van der Waals surface area contributed by atoms with Crippen molar-refractivity contribution < 1.29 is 27.2 Å². The van der Waals surface area contributed by atoms with Crippen molar-refractivity contribution in [3.8, 4) is 11.3 Å². The molecule has 0 unspecified atom stereocenters. The Labute approximate surface area is 190 Å². The summed E-state index contributed by atoms with van der Waals surface area (Å²) in [6.45, 7) is 0. The molecule has 2 aromatic carbocycles. The highest BCUT2D eigenvalue weighted by Gasteiger charge is 2.37. The number of primary sulfonamides is 1. The Hall–Kier alpha value is -3.54. The normalized spacial score (nSPS) is 15.9. The van der Waals surface area contributed by atoms with E-state index in [2.05, 4.69) is 21.2 Å². The second-order valence-electron chi connectivity index (χ2n) is 6.71.